The monoisotopic (exact) mass is 562 g/mol. The number of fused-ring (bicyclic) bond motifs is 4. The Labute approximate surface area is 257 Å². The highest BCUT2D eigenvalue weighted by Gasteiger charge is 2.47. The molecule has 0 fully saturated rings. The molecule has 4 aromatic rings. The normalized spacial score (nSPS) is 15.1. The number of nitrogens with zero attached hydrogens (tertiary/aromatic N) is 4. The van der Waals surface area contributed by atoms with Gasteiger partial charge < -0.3 is 9.71 Å². The third-order valence-corrected chi connectivity index (χ3v) is 9.46. The van der Waals surface area contributed by atoms with E-state index in [4.69, 9.17) is 0 Å². The highest BCUT2D eigenvalue weighted by atomic mass is 15.2. The highest BCUT2D eigenvalue weighted by molar-refractivity contribution is 6.92. The van der Waals surface area contributed by atoms with Gasteiger partial charge in [-0.1, -0.05) is 104 Å². The Morgan fingerprint density at radius 1 is 0.651 bits per heavy atom. The molecule has 4 nitrogen and oxygen atoms in total. The Hall–Kier alpha value is -4.48. The standard InChI is InChI=1S/C38H39BN4/c1-36(2,3)26-18-24(22-40)34-28(20-26)38(7,8)29-21-27(37(4,5)6)19-25(23-41)35(29)43(34)39-30-14-10-12-16-32(30)42(9)33-17-13-11-15-31(33)39/h10-21H,1-9H3. The van der Waals surface area contributed by atoms with Crippen LogP contribution in [0.3, 0.4) is 0 Å². The molecule has 0 aliphatic carbocycles. The Morgan fingerprint density at radius 2 is 1.05 bits per heavy atom. The van der Waals surface area contributed by atoms with Crippen molar-refractivity contribution in [3.05, 3.63) is 106 Å². The van der Waals surface area contributed by atoms with Gasteiger partial charge in [-0.25, -0.2) is 0 Å². The molecule has 0 bridgehead atoms. The molecule has 0 aromatic heterocycles. The maximum absolute atomic E-state index is 10.8. The van der Waals surface area contributed by atoms with Crippen LogP contribution in [0.4, 0.5) is 22.7 Å². The molecule has 0 saturated carbocycles. The van der Waals surface area contributed by atoms with Gasteiger partial charge in [0.15, 0.2) is 0 Å². The predicted octanol–water partition coefficient (Wildman–Crippen LogP) is 7.69. The van der Waals surface area contributed by atoms with E-state index in [1.165, 1.54) is 0 Å². The summed E-state index contributed by atoms with van der Waals surface area (Å²) in [5.41, 5.74) is 11.4. The van der Waals surface area contributed by atoms with Crippen LogP contribution in [-0.2, 0) is 16.2 Å². The van der Waals surface area contributed by atoms with E-state index in [9.17, 15) is 10.5 Å². The molecule has 214 valence electrons. The minimum absolute atomic E-state index is 0.139. The van der Waals surface area contributed by atoms with Gasteiger partial charge in [0, 0.05) is 23.8 Å². The molecule has 0 saturated heterocycles. The van der Waals surface area contributed by atoms with Crippen molar-refractivity contribution >= 4 is 40.5 Å². The van der Waals surface area contributed by atoms with Gasteiger partial charge in [-0.15, -0.1) is 0 Å². The molecule has 4 aromatic carbocycles. The molecule has 0 N–H and O–H groups in total. The molecule has 2 heterocycles. The summed E-state index contributed by atoms with van der Waals surface area (Å²) in [6.07, 6.45) is 0. The van der Waals surface area contributed by atoms with Gasteiger partial charge in [-0.05, 0) is 68.3 Å². The molecule has 2 aliphatic rings. The van der Waals surface area contributed by atoms with Gasteiger partial charge >= 0.3 is 6.85 Å². The summed E-state index contributed by atoms with van der Waals surface area (Å²) in [5, 5.41) is 21.6. The van der Waals surface area contributed by atoms with E-state index in [0.717, 1.165) is 55.9 Å². The van der Waals surface area contributed by atoms with Crippen molar-refractivity contribution in [2.45, 2.75) is 71.6 Å². The summed E-state index contributed by atoms with van der Waals surface area (Å²) in [6, 6.07) is 31.0. The zero-order valence-corrected chi connectivity index (χ0v) is 26.8. The first-order valence-corrected chi connectivity index (χ1v) is 15.1. The Kier molecular flexibility index (Phi) is 6.34. The number of benzene rings is 4. The topological polar surface area (TPSA) is 54.1 Å². The van der Waals surface area contributed by atoms with Crippen molar-refractivity contribution in [2.75, 3.05) is 16.8 Å². The van der Waals surface area contributed by atoms with Crippen LogP contribution in [0.25, 0.3) is 0 Å². The van der Waals surface area contributed by atoms with Crippen LogP contribution in [-0.4, -0.2) is 13.9 Å². The van der Waals surface area contributed by atoms with E-state index in [1.54, 1.807) is 0 Å². The summed E-state index contributed by atoms with van der Waals surface area (Å²) >= 11 is 0. The molecular formula is C38H39BN4. The lowest BCUT2D eigenvalue weighted by Gasteiger charge is -2.48. The minimum Gasteiger partial charge on any atom is -0.374 e. The maximum atomic E-state index is 10.8. The van der Waals surface area contributed by atoms with Crippen molar-refractivity contribution < 1.29 is 0 Å². The number of rotatable bonds is 1. The van der Waals surface area contributed by atoms with Gasteiger partial charge in [0.2, 0.25) is 0 Å². The lowest BCUT2D eigenvalue weighted by Crippen LogP contribution is -2.61. The fraction of sp³-hybridized carbons (Fsp3) is 0.316. The van der Waals surface area contributed by atoms with Crippen LogP contribution < -0.4 is 20.6 Å². The van der Waals surface area contributed by atoms with Crippen LogP contribution in [0.5, 0.6) is 0 Å². The fourth-order valence-electron chi connectivity index (χ4n) is 6.92. The van der Waals surface area contributed by atoms with Crippen LogP contribution in [0.2, 0.25) is 0 Å². The van der Waals surface area contributed by atoms with Crippen LogP contribution in [0.1, 0.15) is 88.8 Å². The van der Waals surface area contributed by atoms with E-state index in [1.807, 2.05) is 0 Å². The molecule has 43 heavy (non-hydrogen) atoms. The quantitative estimate of drug-likeness (QED) is 0.223. The minimum atomic E-state index is -0.453. The summed E-state index contributed by atoms with van der Waals surface area (Å²) in [7, 11) is 2.11. The summed E-state index contributed by atoms with van der Waals surface area (Å²) in [4.78, 5) is 4.58. The SMILES string of the molecule is CN1c2ccccc2B(N2c3c(C#N)cc(C(C)(C)C)cc3C(C)(C)c3cc(C(C)(C)C)cc(C#N)c32)c2ccccc21. The molecule has 5 heteroatoms. The van der Waals surface area contributed by atoms with Crippen LogP contribution >= 0.6 is 0 Å². The summed E-state index contributed by atoms with van der Waals surface area (Å²) in [6.45, 7) is 17.5. The van der Waals surface area contributed by atoms with Crippen molar-refractivity contribution in [2.24, 2.45) is 0 Å². The molecule has 2 aliphatic heterocycles. The average Bonchev–Trinajstić information content (AvgIpc) is 2.96. The summed E-state index contributed by atoms with van der Waals surface area (Å²) in [5.74, 6) is 0. The Bertz CT molecular complexity index is 1740. The molecular weight excluding hydrogens is 523 g/mol. The molecule has 6 rings (SSSR count). The highest BCUT2D eigenvalue weighted by Crippen LogP contribution is 2.54. The number of hydrogen-bond donors (Lipinski definition) is 0. The van der Waals surface area contributed by atoms with Gasteiger partial charge in [-0.2, -0.15) is 10.5 Å². The second-order valence-electron chi connectivity index (χ2n) is 14.6. The van der Waals surface area contributed by atoms with E-state index < -0.39 is 5.41 Å². The zero-order valence-electron chi connectivity index (χ0n) is 26.8. The third-order valence-electron chi connectivity index (χ3n) is 9.46. The van der Waals surface area contributed by atoms with Crippen molar-refractivity contribution in [1.29, 1.82) is 10.5 Å². The first-order chi connectivity index (χ1) is 20.2. The Balaban J connectivity index is 1.81. The molecule has 0 spiro atoms. The van der Waals surface area contributed by atoms with Crippen molar-refractivity contribution in [3.63, 3.8) is 0 Å². The predicted molar refractivity (Wildman–Crippen MR) is 180 cm³/mol. The van der Waals surface area contributed by atoms with Crippen molar-refractivity contribution in [3.8, 4) is 12.1 Å². The maximum Gasteiger partial charge on any atom is 0.332 e. The zero-order chi connectivity index (χ0) is 31.1. The van der Waals surface area contributed by atoms with E-state index >= 15 is 0 Å². The van der Waals surface area contributed by atoms with Crippen LogP contribution in [0, 0.1) is 22.7 Å². The second kappa shape index (κ2) is 9.52. The molecule has 0 amide bonds. The largest absolute Gasteiger partial charge is 0.374 e. The van der Waals surface area contributed by atoms with Gasteiger partial charge in [0.25, 0.3) is 0 Å². The second-order valence-corrected chi connectivity index (χ2v) is 14.6. The fourth-order valence-corrected chi connectivity index (χ4v) is 6.92. The number of hydrogen-bond acceptors (Lipinski definition) is 4. The Morgan fingerprint density at radius 3 is 1.42 bits per heavy atom. The lowest BCUT2D eigenvalue weighted by atomic mass is 9.45. The first kappa shape index (κ1) is 28.6. The first-order valence-electron chi connectivity index (χ1n) is 15.1. The van der Waals surface area contributed by atoms with Crippen LogP contribution in [0.15, 0.2) is 72.8 Å². The molecule has 0 unspecified atom stereocenters. The molecule has 0 atom stereocenters. The number of anilines is 4. The van der Waals surface area contributed by atoms with Gasteiger partial charge in [-0.3, -0.25) is 0 Å². The smallest absolute Gasteiger partial charge is 0.332 e. The van der Waals surface area contributed by atoms with Crippen molar-refractivity contribution in [1.82, 2.24) is 0 Å². The third kappa shape index (κ3) is 4.25. The average molecular weight is 563 g/mol. The van der Waals surface area contributed by atoms with E-state index in [2.05, 4.69) is 157 Å². The van der Waals surface area contributed by atoms with E-state index in [0.29, 0.717) is 11.1 Å². The van der Waals surface area contributed by atoms with E-state index in [-0.39, 0.29) is 17.7 Å². The number of nitriles is 2. The molecule has 0 radical (unpaired) electrons. The lowest BCUT2D eigenvalue weighted by molar-refractivity contribution is 0.573. The van der Waals surface area contributed by atoms with Gasteiger partial charge in [0.1, 0.15) is 12.1 Å². The summed E-state index contributed by atoms with van der Waals surface area (Å²) < 4.78 is 0. The number of para-hydroxylation sites is 2. The van der Waals surface area contributed by atoms with Gasteiger partial charge in [0.05, 0.1) is 22.5 Å².